The van der Waals surface area contributed by atoms with Gasteiger partial charge in [-0.25, -0.2) is 0 Å². The minimum Gasteiger partial charge on any atom is -0.464 e. The number of pyridine rings is 1. The SMILES string of the molecule is CCOc1nc(N)nc(OCCc2ccccn2)n1. The summed E-state index contributed by atoms with van der Waals surface area (Å²) in [6, 6.07) is 6.05. The first-order valence-electron chi connectivity index (χ1n) is 5.95. The number of nitrogen functional groups attached to an aromatic ring is 1. The van der Waals surface area contributed by atoms with Crippen molar-refractivity contribution >= 4 is 5.95 Å². The fraction of sp³-hybridized carbons (Fsp3) is 0.333. The zero-order chi connectivity index (χ0) is 13.5. The Hall–Kier alpha value is -2.44. The summed E-state index contributed by atoms with van der Waals surface area (Å²) in [6.07, 6.45) is 2.40. The summed E-state index contributed by atoms with van der Waals surface area (Å²) < 4.78 is 10.6. The normalized spacial score (nSPS) is 10.2. The lowest BCUT2D eigenvalue weighted by Gasteiger charge is -2.06. The van der Waals surface area contributed by atoms with Crippen molar-refractivity contribution in [2.45, 2.75) is 13.3 Å². The molecule has 0 unspecified atom stereocenters. The molecule has 2 rings (SSSR count). The Morgan fingerprint density at radius 3 is 2.58 bits per heavy atom. The summed E-state index contributed by atoms with van der Waals surface area (Å²) in [5.41, 5.74) is 6.48. The lowest BCUT2D eigenvalue weighted by Crippen LogP contribution is -2.09. The summed E-state index contributed by atoms with van der Waals surface area (Å²) in [7, 11) is 0. The number of anilines is 1. The van der Waals surface area contributed by atoms with Crippen molar-refractivity contribution in [3.05, 3.63) is 30.1 Å². The van der Waals surface area contributed by atoms with Crippen LogP contribution in [-0.4, -0.2) is 33.1 Å². The Kier molecular flexibility index (Phi) is 4.44. The van der Waals surface area contributed by atoms with Crippen LogP contribution in [-0.2, 0) is 6.42 Å². The number of hydrogen-bond acceptors (Lipinski definition) is 7. The second kappa shape index (κ2) is 6.48. The molecule has 7 nitrogen and oxygen atoms in total. The van der Waals surface area contributed by atoms with E-state index in [-0.39, 0.29) is 18.0 Å². The number of rotatable bonds is 6. The molecule has 0 aliphatic heterocycles. The molecule has 2 N–H and O–H groups in total. The van der Waals surface area contributed by atoms with Crippen molar-refractivity contribution in [2.24, 2.45) is 0 Å². The summed E-state index contributed by atoms with van der Waals surface area (Å²) in [5, 5.41) is 0. The highest BCUT2D eigenvalue weighted by atomic mass is 16.5. The van der Waals surface area contributed by atoms with Gasteiger partial charge in [0.25, 0.3) is 0 Å². The highest BCUT2D eigenvalue weighted by molar-refractivity contribution is 5.20. The van der Waals surface area contributed by atoms with Gasteiger partial charge in [0.15, 0.2) is 0 Å². The van der Waals surface area contributed by atoms with Crippen LogP contribution in [0.15, 0.2) is 24.4 Å². The molecule has 0 fully saturated rings. The molecule has 0 saturated carbocycles. The molecule has 2 aromatic rings. The smallest absolute Gasteiger partial charge is 0.324 e. The van der Waals surface area contributed by atoms with E-state index in [1.807, 2.05) is 25.1 Å². The van der Waals surface area contributed by atoms with Gasteiger partial charge < -0.3 is 15.2 Å². The number of nitrogens with zero attached hydrogens (tertiary/aromatic N) is 4. The molecule has 0 aliphatic rings. The first-order chi connectivity index (χ1) is 9.28. The Morgan fingerprint density at radius 2 is 1.89 bits per heavy atom. The first kappa shape index (κ1) is 13.0. The van der Waals surface area contributed by atoms with E-state index >= 15 is 0 Å². The number of hydrogen-bond donors (Lipinski definition) is 1. The maximum atomic E-state index is 5.54. The van der Waals surface area contributed by atoms with Crippen LogP contribution in [0.25, 0.3) is 0 Å². The van der Waals surface area contributed by atoms with E-state index in [0.29, 0.717) is 19.6 Å². The van der Waals surface area contributed by atoms with Gasteiger partial charge in [-0.15, -0.1) is 4.98 Å². The van der Waals surface area contributed by atoms with Crippen LogP contribution in [0.4, 0.5) is 5.95 Å². The van der Waals surface area contributed by atoms with Crippen molar-refractivity contribution in [2.75, 3.05) is 18.9 Å². The second-order valence-corrected chi connectivity index (χ2v) is 3.61. The zero-order valence-electron chi connectivity index (χ0n) is 10.6. The third-order valence-corrected chi connectivity index (χ3v) is 2.20. The maximum absolute atomic E-state index is 5.54. The zero-order valence-corrected chi connectivity index (χ0v) is 10.6. The molecule has 2 heterocycles. The topological polar surface area (TPSA) is 96.0 Å². The predicted molar refractivity (Wildman–Crippen MR) is 68.8 cm³/mol. The molecule has 7 heteroatoms. The Balaban J connectivity index is 1.92. The lowest BCUT2D eigenvalue weighted by atomic mass is 10.3. The van der Waals surface area contributed by atoms with Crippen LogP contribution in [0.3, 0.4) is 0 Å². The summed E-state index contributed by atoms with van der Waals surface area (Å²) in [5.74, 6) is 0.0753. The lowest BCUT2D eigenvalue weighted by molar-refractivity contribution is 0.271. The van der Waals surface area contributed by atoms with Gasteiger partial charge in [-0.2, -0.15) is 9.97 Å². The molecule has 0 atom stereocenters. The van der Waals surface area contributed by atoms with Gasteiger partial charge in [-0.1, -0.05) is 6.07 Å². The van der Waals surface area contributed by atoms with Crippen LogP contribution >= 0.6 is 0 Å². The van der Waals surface area contributed by atoms with E-state index in [2.05, 4.69) is 19.9 Å². The van der Waals surface area contributed by atoms with Gasteiger partial charge >= 0.3 is 12.0 Å². The van der Waals surface area contributed by atoms with E-state index in [9.17, 15) is 0 Å². The second-order valence-electron chi connectivity index (χ2n) is 3.61. The quantitative estimate of drug-likeness (QED) is 0.824. The third kappa shape index (κ3) is 4.06. The maximum Gasteiger partial charge on any atom is 0.324 e. The number of nitrogens with two attached hydrogens (primary N) is 1. The monoisotopic (exact) mass is 261 g/mol. The van der Waals surface area contributed by atoms with Gasteiger partial charge in [0, 0.05) is 18.3 Å². The molecule has 0 spiro atoms. The van der Waals surface area contributed by atoms with Gasteiger partial charge in [-0.05, 0) is 19.1 Å². The molecular formula is C12H15N5O2. The standard InChI is InChI=1S/C12H15N5O2/c1-2-18-11-15-10(13)16-12(17-11)19-8-6-9-5-3-4-7-14-9/h3-5,7H,2,6,8H2,1H3,(H2,13,15,16,17). The molecule has 19 heavy (non-hydrogen) atoms. The van der Waals surface area contributed by atoms with Crippen LogP contribution in [0.1, 0.15) is 12.6 Å². The molecule has 0 bridgehead atoms. The van der Waals surface area contributed by atoms with Gasteiger partial charge in [-0.3, -0.25) is 4.98 Å². The molecular weight excluding hydrogens is 246 g/mol. The highest BCUT2D eigenvalue weighted by Gasteiger charge is 2.06. The van der Waals surface area contributed by atoms with E-state index in [1.54, 1.807) is 6.20 Å². The van der Waals surface area contributed by atoms with Crippen LogP contribution in [0.2, 0.25) is 0 Å². The summed E-state index contributed by atoms with van der Waals surface area (Å²) in [4.78, 5) is 15.9. The Bertz CT molecular complexity index is 521. The van der Waals surface area contributed by atoms with Crippen LogP contribution in [0, 0.1) is 0 Å². The van der Waals surface area contributed by atoms with Gasteiger partial charge in [0.05, 0.1) is 13.2 Å². The van der Waals surface area contributed by atoms with Crippen molar-refractivity contribution in [3.63, 3.8) is 0 Å². The van der Waals surface area contributed by atoms with Gasteiger partial charge in [0.1, 0.15) is 0 Å². The van der Waals surface area contributed by atoms with Gasteiger partial charge in [0.2, 0.25) is 5.95 Å². The Labute approximate surface area is 110 Å². The van der Waals surface area contributed by atoms with Crippen molar-refractivity contribution in [3.8, 4) is 12.0 Å². The van der Waals surface area contributed by atoms with Crippen LogP contribution < -0.4 is 15.2 Å². The summed E-state index contributed by atoms with van der Waals surface area (Å²) in [6.45, 7) is 2.70. The predicted octanol–water partition coefficient (Wildman–Crippen LogP) is 0.869. The fourth-order valence-corrected chi connectivity index (χ4v) is 1.40. The fourth-order valence-electron chi connectivity index (χ4n) is 1.40. The third-order valence-electron chi connectivity index (χ3n) is 2.20. The number of ether oxygens (including phenoxy) is 2. The molecule has 2 aromatic heterocycles. The van der Waals surface area contributed by atoms with E-state index < -0.39 is 0 Å². The molecule has 0 saturated heterocycles. The minimum atomic E-state index is 0.0753. The average Bonchev–Trinajstić information content (AvgIpc) is 2.40. The Morgan fingerprint density at radius 1 is 1.11 bits per heavy atom. The molecule has 0 aromatic carbocycles. The van der Waals surface area contributed by atoms with E-state index in [4.69, 9.17) is 15.2 Å². The molecule has 100 valence electrons. The number of aromatic nitrogens is 4. The van der Waals surface area contributed by atoms with Crippen molar-refractivity contribution < 1.29 is 9.47 Å². The molecule has 0 amide bonds. The largest absolute Gasteiger partial charge is 0.464 e. The van der Waals surface area contributed by atoms with E-state index in [1.165, 1.54) is 0 Å². The summed E-state index contributed by atoms with van der Waals surface area (Å²) >= 11 is 0. The molecule has 0 radical (unpaired) electrons. The minimum absolute atomic E-state index is 0.0753. The van der Waals surface area contributed by atoms with Crippen molar-refractivity contribution in [1.29, 1.82) is 0 Å². The van der Waals surface area contributed by atoms with Crippen molar-refractivity contribution in [1.82, 2.24) is 19.9 Å². The highest BCUT2D eigenvalue weighted by Crippen LogP contribution is 2.11. The van der Waals surface area contributed by atoms with E-state index in [0.717, 1.165) is 5.69 Å². The first-order valence-corrected chi connectivity index (χ1v) is 5.95. The average molecular weight is 261 g/mol. The van der Waals surface area contributed by atoms with Crippen LogP contribution in [0.5, 0.6) is 12.0 Å². The molecule has 0 aliphatic carbocycles.